The van der Waals surface area contributed by atoms with Crippen LogP contribution < -0.4 is 10.5 Å². The minimum Gasteiger partial charge on any atom is -0.478 e. The Hall–Kier alpha value is -1.64. The summed E-state index contributed by atoms with van der Waals surface area (Å²) in [6.07, 6.45) is 0. The van der Waals surface area contributed by atoms with Crippen LogP contribution in [0.25, 0.3) is 0 Å². The Morgan fingerprint density at radius 3 is 2.65 bits per heavy atom. The van der Waals surface area contributed by atoms with E-state index in [9.17, 15) is 13.2 Å². The highest BCUT2D eigenvalue weighted by atomic mass is 32.2. The molecule has 0 amide bonds. The third kappa shape index (κ3) is 4.19. The topological polar surface area (TPSA) is 113 Å². The molecule has 7 nitrogen and oxygen atoms in total. The number of rotatable bonds is 7. The number of carboxylic acid groups (broad SMARTS) is 1. The van der Waals surface area contributed by atoms with Gasteiger partial charge in [-0.25, -0.2) is 17.9 Å². The summed E-state index contributed by atoms with van der Waals surface area (Å²) >= 11 is 0. The molecule has 1 aromatic rings. The highest BCUT2D eigenvalue weighted by Crippen LogP contribution is 2.18. The molecule has 0 unspecified atom stereocenters. The SMILES string of the molecule is CCN(C)CCNS(=O)(=O)c1ccc(N)cc1C(=O)O. The molecule has 0 aliphatic rings. The van der Waals surface area contributed by atoms with Crippen molar-refractivity contribution in [2.45, 2.75) is 11.8 Å². The maximum atomic E-state index is 12.1. The second kappa shape index (κ2) is 6.69. The van der Waals surface area contributed by atoms with Gasteiger partial charge in [0.1, 0.15) is 0 Å². The number of benzene rings is 1. The summed E-state index contributed by atoms with van der Waals surface area (Å²) < 4.78 is 26.6. The van der Waals surface area contributed by atoms with Crippen LogP contribution in [0.5, 0.6) is 0 Å². The van der Waals surface area contributed by atoms with Crippen LogP contribution in [0.15, 0.2) is 23.1 Å². The zero-order chi connectivity index (χ0) is 15.3. The molecule has 4 N–H and O–H groups in total. The minimum atomic E-state index is -3.87. The van der Waals surface area contributed by atoms with Gasteiger partial charge in [0, 0.05) is 18.8 Å². The van der Waals surface area contributed by atoms with E-state index in [4.69, 9.17) is 10.8 Å². The van der Waals surface area contributed by atoms with Crippen LogP contribution in [0.2, 0.25) is 0 Å². The zero-order valence-corrected chi connectivity index (χ0v) is 12.3. The number of likely N-dealkylation sites (N-methyl/N-ethyl adjacent to an activating group) is 1. The van der Waals surface area contributed by atoms with Crippen LogP contribution in [0, 0.1) is 0 Å². The molecule has 0 bridgehead atoms. The van der Waals surface area contributed by atoms with E-state index in [-0.39, 0.29) is 22.7 Å². The lowest BCUT2D eigenvalue weighted by Crippen LogP contribution is -2.33. The van der Waals surface area contributed by atoms with E-state index in [1.165, 1.54) is 12.1 Å². The van der Waals surface area contributed by atoms with Crippen molar-refractivity contribution in [1.29, 1.82) is 0 Å². The first-order valence-electron chi connectivity index (χ1n) is 6.09. The molecule has 1 aromatic carbocycles. The molecular formula is C12H19N3O4S. The van der Waals surface area contributed by atoms with Crippen molar-refractivity contribution < 1.29 is 18.3 Å². The highest BCUT2D eigenvalue weighted by Gasteiger charge is 2.22. The number of nitrogen functional groups attached to an aromatic ring is 1. The van der Waals surface area contributed by atoms with Crippen LogP contribution in [-0.2, 0) is 10.0 Å². The summed E-state index contributed by atoms with van der Waals surface area (Å²) in [5, 5.41) is 9.05. The molecule has 0 aliphatic heterocycles. The molecule has 0 spiro atoms. The second-order valence-corrected chi connectivity index (χ2v) is 6.09. The van der Waals surface area contributed by atoms with Crippen molar-refractivity contribution in [1.82, 2.24) is 9.62 Å². The lowest BCUT2D eigenvalue weighted by molar-refractivity contribution is 0.0692. The number of hydrogen-bond donors (Lipinski definition) is 3. The van der Waals surface area contributed by atoms with Crippen molar-refractivity contribution in [2.24, 2.45) is 0 Å². The van der Waals surface area contributed by atoms with Crippen molar-refractivity contribution >= 4 is 21.7 Å². The fourth-order valence-electron chi connectivity index (χ4n) is 1.56. The fourth-order valence-corrected chi connectivity index (χ4v) is 2.75. The van der Waals surface area contributed by atoms with Gasteiger partial charge in [-0.3, -0.25) is 0 Å². The third-order valence-electron chi connectivity index (χ3n) is 2.85. The van der Waals surface area contributed by atoms with Crippen LogP contribution in [0.1, 0.15) is 17.3 Å². The van der Waals surface area contributed by atoms with Crippen LogP contribution >= 0.6 is 0 Å². The lowest BCUT2D eigenvalue weighted by Gasteiger charge is -2.15. The van der Waals surface area contributed by atoms with Gasteiger partial charge in [0.15, 0.2) is 0 Å². The highest BCUT2D eigenvalue weighted by molar-refractivity contribution is 7.89. The maximum Gasteiger partial charge on any atom is 0.337 e. The van der Waals surface area contributed by atoms with Gasteiger partial charge in [0.25, 0.3) is 0 Å². The van der Waals surface area contributed by atoms with Gasteiger partial charge in [-0.1, -0.05) is 6.92 Å². The van der Waals surface area contributed by atoms with E-state index in [0.29, 0.717) is 6.54 Å². The summed E-state index contributed by atoms with van der Waals surface area (Å²) in [7, 11) is -2.01. The van der Waals surface area contributed by atoms with E-state index in [1.54, 1.807) is 0 Å². The molecule has 1 rings (SSSR count). The average Bonchev–Trinajstić information content (AvgIpc) is 2.37. The van der Waals surface area contributed by atoms with E-state index in [1.807, 2.05) is 18.9 Å². The average molecular weight is 301 g/mol. The number of nitrogens with zero attached hydrogens (tertiary/aromatic N) is 1. The van der Waals surface area contributed by atoms with Gasteiger partial charge in [0.2, 0.25) is 10.0 Å². The Labute approximate surface area is 118 Å². The normalized spacial score (nSPS) is 11.8. The third-order valence-corrected chi connectivity index (χ3v) is 4.37. The first-order valence-corrected chi connectivity index (χ1v) is 7.57. The van der Waals surface area contributed by atoms with Crippen LogP contribution in [-0.4, -0.2) is 51.1 Å². The number of carboxylic acids is 1. The second-order valence-electron chi connectivity index (χ2n) is 4.35. The molecule has 0 aromatic heterocycles. The van der Waals surface area contributed by atoms with E-state index >= 15 is 0 Å². The Bertz CT molecular complexity index is 586. The molecule has 0 heterocycles. The van der Waals surface area contributed by atoms with Gasteiger partial charge in [-0.05, 0) is 31.8 Å². The lowest BCUT2D eigenvalue weighted by atomic mass is 10.2. The molecular weight excluding hydrogens is 282 g/mol. The quantitative estimate of drug-likeness (QED) is 0.620. The number of aromatic carboxylic acids is 1. The number of carbonyl (C=O) groups is 1. The van der Waals surface area contributed by atoms with Gasteiger partial charge in [-0.15, -0.1) is 0 Å². The predicted octanol–water partition coefficient (Wildman–Crippen LogP) is 0.197. The fraction of sp³-hybridized carbons (Fsp3) is 0.417. The molecule has 0 radical (unpaired) electrons. The summed E-state index contributed by atoms with van der Waals surface area (Å²) in [6, 6.07) is 3.69. The summed E-state index contributed by atoms with van der Waals surface area (Å²) in [5.74, 6) is -1.33. The largest absolute Gasteiger partial charge is 0.478 e. The molecule has 112 valence electrons. The summed E-state index contributed by atoms with van der Waals surface area (Å²) in [5.41, 5.74) is 5.35. The van der Waals surface area contributed by atoms with E-state index in [0.717, 1.165) is 12.6 Å². The van der Waals surface area contributed by atoms with Crippen molar-refractivity contribution in [2.75, 3.05) is 32.4 Å². The summed E-state index contributed by atoms with van der Waals surface area (Å²) in [4.78, 5) is 12.7. The number of nitrogens with one attached hydrogen (secondary N) is 1. The van der Waals surface area contributed by atoms with Gasteiger partial charge >= 0.3 is 5.97 Å². The summed E-state index contributed by atoms with van der Waals surface area (Å²) in [6.45, 7) is 3.49. The molecule has 0 saturated carbocycles. The molecule has 0 saturated heterocycles. The Morgan fingerprint density at radius 1 is 1.45 bits per heavy atom. The van der Waals surface area contributed by atoms with Crippen LogP contribution in [0.4, 0.5) is 5.69 Å². The Morgan fingerprint density at radius 2 is 2.10 bits per heavy atom. The molecule has 0 fully saturated rings. The number of hydrogen-bond acceptors (Lipinski definition) is 5. The standard InChI is InChI=1S/C12H19N3O4S/c1-3-15(2)7-6-14-20(18,19)11-5-4-9(13)8-10(11)12(16)17/h4-5,8,14H,3,6-7,13H2,1-2H3,(H,16,17). The van der Waals surface area contributed by atoms with Crippen molar-refractivity contribution in [3.63, 3.8) is 0 Å². The van der Waals surface area contributed by atoms with Crippen molar-refractivity contribution in [3.8, 4) is 0 Å². The van der Waals surface area contributed by atoms with Gasteiger partial charge in [-0.2, -0.15) is 0 Å². The predicted molar refractivity (Wildman–Crippen MR) is 76.2 cm³/mol. The number of sulfonamides is 1. The Kier molecular flexibility index (Phi) is 5.49. The van der Waals surface area contributed by atoms with Crippen LogP contribution in [0.3, 0.4) is 0 Å². The Balaban J connectivity index is 2.95. The zero-order valence-electron chi connectivity index (χ0n) is 11.5. The monoisotopic (exact) mass is 301 g/mol. The number of anilines is 1. The molecule has 8 heteroatoms. The van der Waals surface area contributed by atoms with Gasteiger partial charge in [0.05, 0.1) is 10.5 Å². The van der Waals surface area contributed by atoms with E-state index < -0.39 is 16.0 Å². The van der Waals surface area contributed by atoms with E-state index in [2.05, 4.69) is 4.72 Å². The first-order chi connectivity index (χ1) is 9.27. The number of nitrogens with two attached hydrogens (primary N) is 1. The maximum absolute atomic E-state index is 12.1. The van der Waals surface area contributed by atoms with Gasteiger partial charge < -0.3 is 15.7 Å². The van der Waals surface area contributed by atoms with Crippen molar-refractivity contribution in [3.05, 3.63) is 23.8 Å². The first kappa shape index (κ1) is 16.4. The molecule has 20 heavy (non-hydrogen) atoms. The molecule has 0 atom stereocenters. The smallest absolute Gasteiger partial charge is 0.337 e. The minimum absolute atomic E-state index is 0.201. The molecule has 0 aliphatic carbocycles.